The van der Waals surface area contributed by atoms with Crippen molar-refractivity contribution in [3.63, 3.8) is 0 Å². The van der Waals surface area contributed by atoms with Gasteiger partial charge in [-0.05, 0) is 25.3 Å². The van der Waals surface area contributed by atoms with Crippen LogP contribution in [0.1, 0.15) is 29.6 Å². The number of hydrogen-bond acceptors (Lipinski definition) is 4. The molecular weight excluding hydrogens is 267 g/mol. The topological polar surface area (TPSA) is 81.5 Å². The Balaban J connectivity index is 2.00. The Morgan fingerprint density at radius 2 is 2.30 bits per heavy atom. The summed E-state index contributed by atoms with van der Waals surface area (Å²) < 4.78 is 19.0. The Morgan fingerprint density at radius 3 is 2.95 bits per heavy atom. The van der Waals surface area contributed by atoms with Crippen LogP contribution in [0.2, 0.25) is 0 Å². The molecule has 1 fully saturated rings. The van der Waals surface area contributed by atoms with Crippen LogP contribution in [0, 0.1) is 15.9 Å². The molecule has 1 aromatic carbocycles. The van der Waals surface area contributed by atoms with E-state index >= 15 is 0 Å². The maximum absolute atomic E-state index is 13.5. The van der Waals surface area contributed by atoms with Gasteiger partial charge in [0.15, 0.2) is 0 Å². The fourth-order valence-corrected chi connectivity index (χ4v) is 2.07. The van der Waals surface area contributed by atoms with Gasteiger partial charge in [0.2, 0.25) is 0 Å². The van der Waals surface area contributed by atoms with Crippen LogP contribution in [0.25, 0.3) is 0 Å². The molecule has 1 heterocycles. The lowest BCUT2D eigenvalue weighted by atomic mass is 10.1. The maximum atomic E-state index is 13.5. The van der Waals surface area contributed by atoms with Gasteiger partial charge in [0, 0.05) is 25.3 Å². The highest BCUT2D eigenvalue weighted by molar-refractivity contribution is 5.95. The Morgan fingerprint density at radius 1 is 1.50 bits per heavy atom. The fraction of sp³-hybridized carbons (Fsp3) is 0.462. The highest BCUT2D eigenvalue weighted by atomic mass is 19.1. The van der Waals surface area contributed by atoms with E-state index in [1.165, 1.54) is 0 Å². The molecule has 1 aliphatic rings. The van der Waals surface area contributed by atoms with Crippen LogP contribution in [-0.4, -0.2) is 30.1 Å². The van der Waals surface area contributed by atoms with Gasteiger partial charge in [-0.2, -0.15) is 0 Å². The SMILES string of the molecule is O=C(NCC1CCCCO1)c1cc([N+](=O)[O-])ccc1F. The third-order valence-electron chi connectivity index (χ3n) is 3.17. The number of nitro benzene ring substituents is 1. The molecule has 0 aromatic heterocycles. The van der Waals surface area contributed by atoms with E-state index in [-0.39, 0.29) is 23.9 Å². The van der Waals surface area contributed by atoms with Crippen molar-refractivity contribution in [1.82, 2.24) is 5.32 Å². The van der Waals surface area contributed by atoms with Crippen molar-refractivity contribution < 1.29 is 18.8 Å². The average Bonchev–Trinajstić information content (AvgIpc) is 2.46. The van der Waals surface area contributed by atoms with Crippen molar-refractivity contribution >= 4 is 11.6 Å². The Hall–Kier alpha value is -2.02. The molecule has 0 aliphatic carbocycles. The number of non-ortho nitro benzene ring substituents is 1. The Kier molecular flexibility index (Phi) is 4.62. The van der Waals surface area contributed by atoms with Crippen LogP contribution in [0.15, 0.2) is 18.2 Å². The summed E-state index contributed by atoms with van der Waals surface area (Å²) in [5, 5.41) is 13.2. The van der Waals surface area contributed by atoms with E-state index < -0.39 is 16.6 Å². The average molecular weight is 282 g/mol. The second-order valence-electron chi connectivity index (χ2n) is 4.62. The molecule has 1 aromatic rings. The Bertz CT molecular complexity index is 515. The zero-order chi connectivity index (χ0) is 14.5. The molecule has 108 valence electrons. The van der Waals surface area contributed by atoms with Crippen molar-refractivity contribution in [2.24, 2.45) is 0 Å². The number of carbonyl (C=O) groups is 1. The zero-order valence-corrected chi connectivity index (χ0v) is 10.8. The standard InChI is InChI=1S/C13H15FN2O4/c14-12-5-4-9(16(18)19)7-11(12)13(17)15-8-10-3-1-2-6-20-10/h4-5,7,10H,1-3,6,8H2,(H,15,17). The number of amides is 1. The van der Waals surface area contributed by atoms with Crippen LogP contribution in [0.5, 0.6) is 0 Å². The van der Waals surface area contributed by atoms with Crippen molar-refractivity contribution in [3.05, 3.63) is 39.7 Å². The smallest absolute Gasteiger partial charge is 0.270 e. The van der Waals surface area contributed by atoms with Crippen molar-refractivity contribution in [3.8, 4) is 0 Å². The van der Waals surface area contributed by atoms with Crippen LogP contribution in [0.4, 0.5) is 10.1 Å². The first-order chi connectivity index (χ1) is 9.58. The second kappa shape index (κ2) is 6.42. The molecular formula is C13H15FN2O4. The molecule has 1 N–H and O–H groups in total. The minimum Gasteiger partial charge on any atom is -0.376 e. The molecule has 1 amide bonds. The number of rotatable bonds is 4. The molecule has 0 spiro atoms. The minimum absolute atomic E-state index is 0.0746. The summed E-state index contributed by atoms with van der Waals surface area (Å²) in [6.45, 7) is 0.937. The Labute approximate surface area is 115 Å². The van der Waals surface area contributed by atoms with Gasteiger partial charge in [0.05, 0.1) is 16.6 Å². The number of nitrogens with one attached hydrogen (secondary N) is 1. The molecule has 1 unspecified atom stereocenters. The molecule has 7 heteroatoms. The first kappa shape index (κ1) is 14.4. The van der Waals surface area contributed by atoms with Crippen LogP contribution in [0.3, 0.4) is 0 Å². The molecule has 1 saturated heterocycles. The van der Waals surface area contributed by atoms with Gasteiger partial charge in [-0.25, -0.2) is 4.39 Å². The normalized spacial score (nSPS) is 18.6. The third kappa shape index (κ3) is 3.51. The van der Waals surface area contributed by atoms with Crippen LogP contribution in [-0.2, 0) is 4.74 Å². The molecule has 6 nitrogen and oxygen atoms in total. The molecule has 20 heavy (non-hydrogen) atoms. The highest BCUT2D eigenvalue weighted by Crippen LogP contribution is 2.17. The largest absolute Gasteiger partial charge is 0.376 e. The van der Waals surface area contributed by atoms with Gasteiger partial charge in [0.1, 0.15) is 5.82 Å². The first-order valence-electron chi connectivity index (χ1n) is 6.41. The summed E-state index contributed by atoms with van der Waals surface area (Å²) in [5.74, 6) is -1.45. The predicted molar refractivity (Wildman–Crippen MR) is 69.0 cm³/mol. The molecule has 0 bridgehead atoms. The lowest BCUT2D eigenvalue weighted by Gasteiger charge is -2.22. The van der Waals surface area contributed by atoms with Crippen LogP contribution >= 0.6 is 0 Å². The van der Waals surface area contributed by atoms with Crippen molar-refractivity contribution in [2.45, 2.75) is 25.4 Å². The fourth-order valence-electron chi connectivity index (χ4n) is 2.07. The number of nitro groups is 1. The number of benzene rings is 1. The lowest BCUT2D eigenvalue weighted by Crippen LogP contribution is -2.35. The van der Waals surface area contributed by atoms with Gasteiger partial charge in [-0.3, -0.25) is 14.9 Å². The van der Waals surface area contributed by atoms with Gasteiger partial charge < -0.3 is 10.1 Å². The third-order valence-corrected chi connectivity index (χ3v) is 3.17. The zero-order valence-electron chi connectivity index (χ0n) is 10.8. The van der Waals surface area contributed by atoms with E-state index in [9.17, 15) is 19.3 Å². The first-order valence-corrected chi connectivity index (χ1v) is 6.41. The highest BCUT2D eigenvalue weighted by Gasteiger charge is 2.19. The monoisotopic (exact) mass is 282 g/mol. The summed E-state index contributed by atoms with van der Waals surface area (Å²) in [7, 11) is 0. The van der Waals surface area contributed by atoms with Crippen molar-refractivity contribution in [1.29, 1.82) is 0 Å². The van der Waals surface area contributed by atoms with Gasteiger partial charge in [-0.15, -0.1) is 0 Å². The molecule has 0 saturated carbocycles. The minimum atomic E-state index is -0.780. The number of nitrogens with zero attached hydrogens (tertiary/aromatic N) is 1. The van der Waals surface area contributed by atoms with Crippen LogP contribution < -0.4 is 5.32 Å². The summed E-state index contributed by atoms with van der Waals surface area (Å²) >= 11 is 0. The van der Waals surface area contributed by atoms with Crippen molar-refractivity contribution in [2.75, 3.05) is 13.2 Å². The van der Waals surface area contributed by atoms with Gasteiger partial charge in [-0.1, -0.05) is 0 Å². The molecule has 0 radical (unpaired) electrons. The summed E-state index contributed by atoms with van der Waals surface area (Å²) in [5.41, 5.74) is -0.638. The summed E-state index contributed by atoms with van der Waals surface area (Å²) in [4.78, 5) is 21.8. The predicted octanol–water partition coefficient (Wildman–Crippen LogP) is 2.03. The van der Waals surface area contributed by atoms with Gasteiger partial charge in [0.25, 0.3) is 11.6 Å². The maximum Gasteiger partial charge on any atom is 0.270 e. The molecule has 1 aliphatic heterocycles. The van der Waals surface area contributed by atoms with Gasteiger partial charge >= 0.3 is 0 Å². The quantitative estimate of drug-likeness (QED) is 0.676. The lowest BCUT2D eigenvalue weighted by molar-refractivity contribution is -0.384. The number of ether oxygens (including phenoxy) is 1. The van der Waals surface area contributed by atoms with E-state index in [4.69, 9.17) is 4.74 Å². The van der Waals surface area contributed by atoms with E-state index in [2.05, 4.69) is 5.32 Å². The number of carbonyl (C=O) groups excluding carboxylic acids is 1. The summed E-state index contributed by atoms with van der Waals surface area (Å²) in [6, 6.07) is 2.88. The van der Waals surface area contributed by atoms with E-state index in [0.29, 0.717) is 6.61 Å². The van der Waals surface area contributed by atoms with E-state index in [1.54, 1.807) is 0 Å². The van der Waals surface area contributed by atoms with E-state index in [0.717, 1.165) is 37.5 Å². The summed E-state index contributed by atoms with van der Waals surface area (Å²) in [6.07, 6.45) is 2.81. The van der Waals surface area contributed by atoms with E-state index in [1.807, 2.05) is 0 Å². The molecule has 1 atom stereocenters. The molecule has 2 rings (SSSR count). The number of hydrogen-bond donors (Lipinski definition) is 1. The number of halogens is 1. The second-order valence-corrected chi connectivity index (χ2v) is 4.62.